The first-order chi connectivity index (χ1) is 13.5. The van der Waals surface area contributed by atoms with Crippen LogP contribution in [0, 0.1) is 5.92 Å². The van der Waals surface area contributed by atoms with E-state index in [1.54, 1.807) is 13.1 Å². The van der Waals surface area contributed by atoms with Crippen molar-refractivity contribution < 1.29 is 9.84 Å². The highest BCUT2D eigenvalue weighted by atomic mass is 16.5. The standard InChI is InChI=1S/C20H25N5O3/c1-23-8-5-12-6-9-25(15(12)11-23)19-20(27)24(2)18(21-22-19)14-3-4-16-13(17(14)26)7-10-28-16/h3-4,12,15,26H,5-11H2,1-2H3. The van der Waals surface area contributed by atoms with Gasteiger partial charge < -0.3 is 19.6 Å². The van der Waals surface area contributed by atoms with Gasteiger partial charge in [-0.2, -0.15) is 0 Å². The zero-order valence-corrected chi connectivity index (χ0v) is 16.3. The van der Waals surface area contributed by atoms with Crippen LogP contribution in [0.5, 0.6) is 11.5 Å². The Balaban J connectivity index is 1.53. The molecule has 8 nitrogen and oxygen atoms in total. The normalized spacial score (nSPS) is 24.1. The third-order valence-corrected chi connectivity index (χ3v) is 6.48. The van der Waals surface area contributed by atoms with Gasteiger partial charge >= 0.3 is 0 Å². The van der Waals surface area contributed by atoms with Gasteiger partial charge in [0.25, 0.3) is 5.56 Å². The number of likely N-dealkylation sites (tertiary alicyclic amines) is 1. The molecule has 2 fully saturated rings. The number of rotatable bonds is 2. The van der Waals surface area contributed by atoms with Gasteiger partial charge in [0.2, 0.25) is 5.82 Å². The number of nitrogens with zero attached hydrogens (tertiary/aromatic N) is 5. The number of hydrogen-bond donors (Lipinski definition) is 1. The number of benzene rings is 1. The number of ether oxygens (including phenoxy) is 1. The predicted molar refractivity (Wildman–Crippen MR) is 105 cm³/mol. The number of hydrogen-bond acceptors (Lipinski definition) is 7. The number of phenols is 1. The van der Waals surface area contributed by atoms with Gasteiger partial charge in [-0.15, -0.1) is 10.2 Å². The van der Waals surface area contributed by atoms with Gasteiger partial charge in [-0.1, -0.05) is 0 Å². The molecule has 3 aliphatic rings. The molecule has 148 valence electrons. The maximum atomic E-state index is 13.1. The summed E-state index contributed by atoms with van der Waals surface area (Å²) in [6.45, 7) is 3.46. The molecule has 28 heavy (non-hydrogen) atoms. The number of anilines is 1. The summed E-state index contributed by atoms with van der Waals surface area (Å²) in [6.07, 6.45) is 2.91. The smallest absolute Gasteiger partial charge is 0.296 e. The van der Waals surface area contributed by atoms with Gasteiger partial charge in [0.15, 0.2) is 5.82 Å². The molecule has 1 aromatic heterocycles. The van der Waals surface area contributed by atoms with E-state index in [1.807, 2.05) is 6.07 Å². The summed E-state index contributed by atoms with van der Waals surface area (Å²) in [5.41, 5.74) is 1.11. The van der Waals surface area contributed by atoms with Crippen molar-refractivity contribution in [3.8, 4) is 22.9 Å². The average molecular weight is 383 g/mol. The Bertz CT molecular complexity index is 989. The predicted octanol–water partition coefficient (Wildman–Crippen LogP) is 1.01. The Morgan fingerprint density at radius 2 is 2.00 bits per heavy atom. The topological polar surface area (TPSA) is 83.7 Å². The molecule has 0 radical (unpaired) electrons. The molecule has 5 rings (SSSR count). The number of likely N-dealkylation sites (N-methyl/N-ethyl adjacent to an activating group) is 1. The van der Waals surface area contributed by atoms with E-state index in [2.05, 4.69) is 27.0 Å². The van der Waals surface area contributed by atoms with Crippen molar-refractivity contribution in [2.45, 2.75) is 25.3 Å². The summed E-state index contributed by atoms with van der Waals surface area (Å²) in [4.78, 5) is 17.6. The second kappa shape index (κ2) is 6.48. The quantitative estimate of drug-likeness (QED) is 0.829. The number of piperidine rings is 1. The van der Waals surface area contributed by atoms with Crippen molar-refractivity contribution in [2.24, 2.45) is 13.0 Å². The van der Waals surface area contributed by atoms with Crippen molar-refractivity contribution in [3.05, 3.63) is 28.0 Å². The highest BCUT2D eigenvalue weighted by Gasteiger charge is 2.39. The Morgan fingerprint density at radius 1 is 1.18 bits per heavy atom. The van der Waals surface area contributed by atoms with Crippen LogP contribution in [0.25, 0.3) is 11.4 Å². The summed E-state index contributed by atoms with van der Waals surface area (Å²) in [7, 11) is 3.82. The Hall–Kier alpha value is -2.61. The average Bonchev–Trinajstić information content (AvgIpc) is 3.32. The molecule has 0 bridgehead atoms. The van der Waals surface area contributed by atoms with Crippen LogP contribution in [-0.4, -0.2) is 64.1 Å². The van der Waals surface area contributed by atoms with E-state index < -0.39 is 0 Å². The maximum absolute atomic E-state index is 13.1. The van der Waals surface area contributed by atoms with Crippen LogP contribution in [0.3, 0.4) is 0 Å². The van der Waals surface area contributed by atoms with Crippen molar-refractivity contribution in [1.82, 2.24) is 19.7 Å². The molecule has 0 aliphatic carbocycles. The highest BCUT2D eigenvalue weighted by Crippen LogP contribution is 2.39. The Labute approximate surface area is 163 Å². The lowest BCUT2D eigenvalue weighted by Crippen LogP contribution is -2.48. The van der Waals surface area contributed by atoms with Crippen molar-refractivity contribution >= 4 is 5.82 Å². The van der Waals surface area contributed by atoms with E-state index >= 15 is 0 Å². The highest BCUT2D eigenvalue weighted by molar-refractivity contribution is 5.69. The minimum Gasteiger partial charge on any atom is -0.507 e. The van der Waals surface area contributed by atoms with Crippen LogP contribution in [-0.2, 0) is 13.5 Å². The zero-order chi connectivity index (χ0) is 19.4. The van der Waals surface area contributed by atoms with E-state index in [-0.39, 0.29) is 11.3 Å². The van der Waals surface area contributed by atoms with Gasteiger partial charge in [0.1, 0.15) is 11.5 Å². The monoisotopic (exact) mass is 383 g/mol. The molecular weight excluding hydrogens is 358 g/mol. The SMILES string of the molecule is CN1CCC2CCN(c3nnc(-c4ccc5c(c4O)CCO5)n(C)c3=O)C2C1. The molecule has 1 aromatic carbocycles. The third kappa shape index (κ3) is 2.58. The molecule has 0 spiro atoms. The van der Waals surface area contributed by atoms with Crippen LogP contribution in [0.2, 0.25) is 0 Å². The lowest BCUT2D eigenvalue weighted by molar-refractivity contribution is 0.207. The fourth-order valence-corrected chi connectivity index (χ4v) is 4.87. The molecule has 2 aromatic rings. The van der Waals surface area contributed by atoms with Crippen molar-refractivity contribution in [2.75, 3.05) is 38.2 Å². The first-order valence-corrected chi connectivity index (χ1v) is 9.91. The molecule has 1 N–H and O–H groups in total. The number of phenolic OH excluding ortho intramolecular Hbond substituents is 1. The van der Waals surface area contributed by atoms with Crippen LogP contribution in [0.15, 0.2) is 16.9 Å². The largest absolute Gasteiger partial charge is 0.507 e. The van der Waals surface area contributed by atoms with E-state index in [0.29, 0.717) is 47.9 Å². The van der Waals surface area contributed by atoms with Gasteiger partial charge in [-0.05, 0) is 44.5 Å². The first kappa shape index (κ1) is 17.5. The Morgan fingerprint density at radius 3 is 2.86 bits per heavy atom. The van der Waals surface area contributed by atoms with Gasteiger partial charge in [0, 0.05) is 38.2 Å². The number of aromatic hydroxyl groups is 1. The van der Waals surface area contributed by atoms with Crippen LogP contribution in [0.1, 0.15) is 18.4 Å². The summed E-state index contributed by atoms with van der Waals surface area (Å²) < 4.78 is 6.99. The second-order valence-electron chi connectivity index (χ2n) is 8.11. The molecule has 3 aliphatic heterocycles. The van der Waals surface area contributed by atoms with Crippen LogP contribution in [0.4, 0.5) is 5.82 Å². The maximum Gasteiger partial charge on any atom is 0.296 e. The molecule has 4 heterocycles. The third-order valence-electron chi connectivity index (χ3n) is 6.48. The lowest BCUT2D eigenvalue weighted by Gasteiger charge is -2.36. The summed E-state index contributed by atoms with van der Waals surface area (Å²) in [6, 6.07) is 3.88. The van der Waals surface area contributed by atoms with E-state index in [1.165, 1.54) is 4.57 Å². The minimum atomic E-state index is -0.171. The molecule has 2 unspecified atom stereocenters. The van der Waals surface area contributed by atoms with Gasteiger partial charge in [-0.3, -0.25) is 9.36 Å². The van der Waals surface area contributed by atoms with Crippen molar-refractivity contribution in [3.63, 3.8) is 0 Å². The van der Waals surface area contributed by atoms with Gasteiger partial charge in [-0.25, -0.2) is 0 Å². The lowest BCUT2D eigenvalue weighted by atomic mass is 9.92. The van der Waals surface area contributed by atoms with Crippen molar-refractivity contribution in [1.29, 1.82) is 0 Å². The molecule has 2 saturated heterocycles. The molecule has 0 saturated carbocycles. The molecule has 8 heteroatoms. The molecule has 0 amide bonds. The zero-order valence-electron chi connectivity index (χ0n) is 16.3. The number of fused-ring (bicyclic) bond motifs is 2. The summed E-state index contributed by atoms with van der Waals surface area (Å²) in [5, 5.41) is 19.3. The summed E-state index contributed by atoms with van der Waals surface area (Å²) >= 11 is 0. The Kier molecular flexibility index (Phi) is 4.04. The molecule has 2 atom stereocenters. The fourth-order valence-electron chi connectivity index (χ4n) is 4.87. The molecular formula is C20H25N5O3. The first-order valence-electron chi connectivity index (χ1n) is 9.91. The van der Waals surface area contributed by atoms with Gasteiger partial charge in [0.05, 0.1) is 12.2 Å². The van der Waals surface area contributed by atoms with E-state index in [4.69, 9.17) is 4.74 Å². The van der Waals surface area contributed by atoms with Crippen LogP contribution < -0.4 is 15.2 Å². The second-order valence-corrected chi connectivity index (χ2v) is 8.11. The fraction of sp³-hybridized carbons (Fsp3) is 0.550. The van der Waals surface area contributed by atoms with E-state index in [0.717, 1.165) is 38.0 Å². The van der Waals surface area contributed by atoms with Crippen LogP contribution >= 0.6 is 0 Å². The van der Waals surface area contributed by atoms with E-state index in [9.17, 15) is 9.90 Å². The minimum absolute atomic E-state index is 0.127. The summed E-state index contributed by atoms with van der Waals surface area (Å²) in [5.74, 6) is 2.22. The number of aromatic nitrogens is 3.